The second-order valence-corrected chi connectivity index (χ2v) is 8.98. The monoisotopic (exact) mass is 382 g/mol. The summed E-state index contributed by atoms with van der Waals surface area (Å²) < 4.78 is 1.72. The number of fused-ring (bicyclic) bond motifs is 1. The fourth-order valence-electron chi connectivity index (χ4n) is 3.98. The lowest BCUT2D eigenvalue weighted by Gasteiger charge is -2.31. The lowest BCUT2D eigenvalue weighted by Crippen LogP contribution is -2.39. The summed E-state index contributed by atoms with van der Waals surface area (Å²) in [5.74, 6) is 1.35. The molecule has 4 heterocycles. The topological polar surface area (TPSA) is 75.9 Å². The Labute approximate surface area is 166 Å². The fraction of sp³-hybridized carbons (Fsp3) is 0.619. The van der Waals surface area contributed by atoms with Crippen LogP contribution in [0.5, 0.6) is 0 Å². The highest BCUT2D eigenvalue weighted by molar-refractivity contribution is 5.92. The molecule has 2 aromatic rings. The number of carbonyl (C=O) groups excluding carboxylic acids is 1. The molecular weight excluding hydrogens is 352 g/mol. The Kier molecular flexibility index (Phi) is 4.95. The highest BCUT2D eigenvalue weighted by atomic mass is 16.2. The number of hydrogen-bond acceptors (Lipinski definition) is 5. The Bertz CT molecular complexity index is 874. The maximum atomic E-state index is 13.0. The van der Waals surface area contributed by atoms with E-state index >= 15 is 0 Å². The maximum absolute atomic E-state index is 13.0. The molecule has 0 aromatic carbocycles. The first-order chi connectivity index (χ1) is 13.3. The van der Waals surface area contributed by atoms with Crippen LogP contribution in [0.25, 0.3) is 0 Å². The third kappa shape index (κ3) is 3.68. The van der Waals surface area contributed by atoms with Crippen molar-refractivity contribution in [2.45, 2.75) is 57.9 Å². The Morgan fingerprint density at radius 2 is 2.00 bits per heavy atom. The zero-order valence-corrected chi connectivity index (χ0v) is 17.3. The number of carbonyl (C=O) groups is 1. The molecule has 0 aliphatic carbocycles. The highest BCUT2D eigenvalue weighted by Gasteiger charge is 2.29. The molecule has 0 spiro atoms. The van der Waals surface area contributed by atoms with Crippen LogP contribution >= 0.6 is 0 Å². The minimum Gasteiger partial charge on any atom is -0.337 e. The minimum atomic E-state index is -0.0669. The third-order valence-corrected chi connectivity index (χ3v) is 5.84. The average molecular weight is 383 g/mol. The maximum Gasteiger partial charge on any atom is 0.272 e. The van der Waals surface area contributed by atoms with E-state index in [1.807, 2.05) is 24.2 Å². The van der Waals surface area contributed by atoms with Gasteiger partial charge in [0.05, 0.1) is 5.69 Å². The molecule has 0 saturated carbocycles. The molecule has 1 saturated heterocycles. The van der Waals surface area contributed by atoms with Crippen molar-refractivity contribution in [3.05, 3.63) is 40.7 Å². The van der Waals surface area contributed by atoms with Crippen molar-refractivity contribution in [1.82, 2.24) is 30.0 Å². The Morgan fingerprint density at radius 3 is 2.68 bits per heavy atom. The largest absolute Gasteiger partial charge is 0.337 e. The number of aromatic nitrogens is 4. The second kappa shape index (κ2) is 7.28. The van der Waals surface area contributed by atoms with Crippen LogP contribution in [0.1, 0.15) is 72.8 Å². The van der Waals surface area contributed by atoms with E-state index in [2.05, 4.69) is 36.2 Å². The van der Waals surface area contributed by atoms with Crippen molar-refractivity contribution in [2.75, 3.05) is 19.6 Å². The van der Waals surface area contributed by atoms with Gasteiger partial charge < -0.3 is 10.2 Å². The number of piperidine rings is 1. The number of nitrogens with zero attached hydrogens (tertiary/aromatic N) is 5. The van der Waals surface area contributed by atoms with Crippen molar-refractivity contribution >= 4 is 5.91 Å². The Hall–Kier alpha value is -2.28. The van der Waals surface area contributed by atoms with Gasteiger partial charge in [0.25, 0.3) is 5.91 Å². The van der Waals surface area contributed by atoms with Gasteiger partial charge in [-0.3, -0.25) is 9.48 Å². The first-order valence-electron chi connectivity index (χ1n) is 10.2. The number of likely N-dealkylation sites (tertiary alicyclic amines) is 1. The van der Waals surface area contributed by atoms with E-state index in [1.165, 1.54) is 11.3 Å². The summed E-state index contributed by atoms with van der Waals surface area (Å²) in [4.78, 5) is 24.4. The molecule has 7 nitrogen and oxygen atoms in total. The number of aryl methyl sites for hydroxylation is 1. The minimum absolute atomic E-state index is 0.0669. The molecule has 28 heavy (non-hydrogen) atoms. The Balaban J connectivity index is 1.43. The molecule has 2 aliphatic rings. The summed E-state index contributed by atoms with van der Waals surface area (Å²) in [5.41, 5.74) is 3.95. The first-order valence-corrected chi connectivity index (χ1v) is 10.2. The van der Waals surface area contributed by atoms with Crippen molar-refractivity contribution < 1.29 is 4.79 Å². The predicted molar refractivity (Wildman–Crippen MR) is 107 cm³/mol. The van der Waals surface area contributed by atoms with Crippen LogP contribution < -0.4 is 5.32 Å². The standard InChI is InChI=1S/C21H30N6O/c1-21(2,3)18-11-17(26(4)25-18)20(28)27-9-6-14(7-10-27)19-23-13-15-12-22-8-5-16(15)24-19/h11,13-14,22H,5-10,12H2,1-4H3. The van der Waals surface area contributed by atoms with Crippen LogP contribution in [0, 0.1) is 0 Å². The quantitative estimate of drug-likeness (QED) is 0.862. The molecule has 1 N–H and O–H groups in total. The van der Waals surface area contributed by atoms with Crippen molar-refractivity contribution in [1.29, 1.82) is 0 Å². The zero-order chi connectivity index (χ0) is 19.9. The highest BCUT2D eigenvalue weighted by Crippen LogP contribution is 2.28. The normalized spacial score (nSPS) is 18.2. The molecule has 2 aliphatic heterocycles. The van der Waals surface area contributed by atoms with Gasteiger partial charge in [-0.15, -0.1) is 0 Å². The van der Waals surface area contributed by atoms with Crippen LogP contribution in [-0.4, -0.2) is 50.2 Å². The van der Waals surface area contributed by atoms with Crippen LogP contribution in [0.3, 0.4) is 0 Å². The molecule has 0 radical (unpaired) electrons. The van der Waals surface area contributed by atoms with Crippen LogP contribution in [0.2, 0.25) is 0 Å². The van der Waals surface area contributed by atoms with E-state index in [0.717, 1.165) is 57.0 Å². The van der Waals surface area contributed by atoms with Gasteiger partial charge in [0.1, 0.15) is 11.5 Å². The fourth-order valence-corrected chi connectivity index (χ4v) is 3.98. The molecule has 1 amide bonds. The van der Waals surface area contributed by atoms with E-state index in [9.17, 15) is 4.79 Å². The molecule has 150 valence electrons. The second-order valence-electron chi connectivity index (χ2n) is 8.98. The predicted octanol–water partition coefficient (Wildman–Crippen LogP) is 2.17. The van der Waals surface area contributed by atoms with Gasteiger partial charge in [0, 0.05) is 68.4 Å². The smallest absolute Gasteiger partial charge is 0.272 e. The van der Waals surface area contributed by atoms with Gasteiger partial charge in [0.15, 0.2) is 0 Å². The van der Waals surface area contributed by atoms with Gasteiger partial charge in [-0.25, -0.2) is 9.97 Å². The number of rotatable bonds is 2. The molecule has 0 unspecified atom stereocenters. The van der Waals surface area contributed by atoms with E-state index in [4.69, 9.17) is 4.98 Å². The summed E-state index contributed by atoms with van der Waals surface area (Å²) in [5, 5.41) is 7.90. The molecule has 7 heteroatoms. The van der Waals surface area contributed by atoms with Crippen LogP contribution in [0.4, 0.5) is 0 Å². The van der Waals surface area contributed by atoms with Crippen molar-refractivity contribution in [2.24, 2.45) is 7.05 Å². The lowest BCUT2D eigenvalue weighted by molar-refractivity contribution is 0.0700. The SMILES string of the molecule is Cn1nc(C(C)(C)C)cc1C(=O)N1CCC(c2ncc3c(n2)CCNC3)CC1. The molecule has 4 rings (SSSR count). The van der Waals surface area contributed by atoms with Gasteiger partial charge >= 0.3 is 0 Å². The first kappa shape index (κ1) is 19.1. The lowest BCUT2D eigenvalue weighted by atomic mass is 9.92. The van der Waals surface area contributed by atoms with Gasteiger partial charge in [-0.05, 0) is 18.9 Å². The van der Waals surface area contributed by atoms with E-state index in [0.29, 0.717) is 11.6 Å². The van der Waals surface area contributed by atoms with Crippen LogP contribution in [-0.2, 0) is 25.4 Å². The summed E-state index contributed by atoms with van der Waals surface area (Å²) in [6, 6.07) is 1.94. The molecule has 0 atom stereocenters. The van der Waals surface area contributed by atoms with E-state index < -0.39 is 0 Å². The van der Waals surface area contributed by atoms with E-state index in [-0.39, 0.29) is 11.3 Å². The van der Waals surface area contributed by atoms with Gasteiger partial charge in [0.2, 0.25) is 0 Å². The van der Waals surface area contributed by atoms with Gasteiger partial charge in [-0.1, -0.05) is 20.8 Å². The summed E-state index contributed by atoms with van der Waals surface area (Å²) >= 11 is 0. The molecule has 1 fully saturated rings. The third-order valence-electron chi connectivity index (χ3n) is 5.84. The zero-order valence-electron chi connectivity index (χ0n) is 17.3. The summed E-state index contributed by atoms with van der Waals surface area (Å²) in [6.45, 7) is 9.67. The van der Waals surface area contributed by atoms with E-state index in [1.54, 1.807) is 4.68 Å². The number of nitrogens with one attached hydrogen (secondary N) is 1. The van der Waals surface area contributed by atoms with Crippen LogP contribution in [0.15, 0.2) is 12.3 Å². The molecule has 0 bridgehead atoms. The molecule has 2 aromatic heterocycles. The number of hydrogen-bond donors (Lipinski definition) is 1. The number of amides is 1. The Morgan fingerprint density at radius 1 is 1.25 bits per heavy atom. The van der Waals surface area contributed by atoms with Crippen molar-refractivity contribution in [3.8, 4) is 0 Å². The van der Waals surface area contributed by atoms with Gasteiger partial charge in [-0.2, -0.15) is 5.10 Å². The summed E-state index contributed by atoms with van der Waals surface area (Å²) in [6.07, 6.45) is 4.77. The average Bonchev–Trinajstić information content (AvgIpc) is 3.09. The van der Waals surface area contributed by atoms with Crippen molar-refractivity contribution in [3.63, 3.8) is 0 Å². The summed E-state index contributed by atoms with van der Waals surface area (Å²) in [7, 11) is 1.85. The molecular formula is C21H30N6O.